The molecule has 0 N–H and O–H groups in total. The van der Waals surface area contributed by atoms with Crippen LogP contribution < -0.4 is 15.9 Å². The first kappa shape index (κ1) is 29.8. The van der Waals surface area contributed by atoms with Gasteiger partial charge in [0.25, 0.3) is 0 Å². The third kappa shape index (κ3) is 6.82. The van der Waals surface area contributed by atoms with Crippen molar-refractivity contribution in [2.24, 2.45) is 0 Å². The van der Waals surface area contributed by atoms with Gasteiger partial charge in [-0.3, -0.25) is 0 Å². The standard InChI is InChI=1S/C29H33F6P2/c1-19(37(26(2,3)4)27(5,6)7)24-9-8-10-25(24)36(22-15-11-20(12-16-22)28(30,31)32)23-17-13-21(14-18-23)29(33,34)35/h8-19H,1-7H3/q-1/t19-/m1/s1. The van der Waals surface area contributed by atoms with Crippen molar-refractivity contribution in [1.82, 2.24) is 0 Å². The lowest BCUT2D eigenvalue weighted by Crippen LogP contribution is -2.29. The normalized spacial score (nSPS) is 14.5. The highest BCUT2D eigenvalue weighted by molar-refractivity contribution is 7.80. The summed E-state index contributed by atoms with van der Waals surface area (Å²) in [6.07, 6.45) is -8.93. The largest absolute Gasteiger partial charge is 0.416 e. The lowest BCUT2D eigenvalue weighted by Gasteiger charge is -2.47. The molecular weight excluding hydrogens is 524 g/mol. The molecule has 0 fully saturated rings. The predicted molar refractivity (Wildman–Crippen MR) is 146 cm³/mol. The van der Waals surface area contributed by atoms with Gasteiger partial charge in [-0.2, -0.15) is 32.4 Å². The topological polar surface area (TPSA) is 0 Å². The van der Waals surface area contributed by atoms with Crippen molar-refractivity contribution in [2.45, 2.75) is 76.8 Å². The zero-order valence-corrected chi connectivity index (χ0v) is 23.9. The molecule has 0 radical (unpaired) electrons. The van der Waals surface area contributed by atoms with Crippen LogP contribution in [0.1, 0.15) is 70.8 Å². The molecule has 37 heavy (non-hydrogen) atoms. The molecule has 0 saturated heterocycles. The molecule has 0 unspecified atom stereocenters. The van der Waals surface area contributed by atoms with E-state index in [1.807, 2.05) is 12.1 Å². The molecule has 0 spiro atoms. The van der Waals surface area contributed by atoms with Gasteiger partial charge in [0.15, 0.2) is 0 Å². The van der Waals surface area contributed by atoms with E-state index in [1.54, 1.807) is 0 Å². The number of hydrogen-bond acceptors (Lipinski definition) is 0. The Morgan fingerprint density at radius 1 is 0.622 bits per heavy atom. The molecule has 202 valence electrons. The first-order chi connectivity index (χ1) is 16.8. The van der Waals surface area contributed by atoms with Crippen molar-refractivity contribution in [3.63, 3.8) is 0 Å². The summed E-state index contributed by atoms with van der Waals surface area (Å²) >= 11 is 0. The second kappa shape index (κ2) is 10.4. The number of hydrogen-bond donors (Lipinski definition) is 0. The minimum absolute atomic E-state index is 0.0347. The van der Waals surface area contributed by atoms with E-state index in [1.165, 1.54) is 24.3 Å². The Hall–Kier alpha value is -1.77. The summed E-state index contributed by atoms with van der Waals surface area (Å²) in [5, 5.41) is 2.37. The number of benzene rings is 2. The van der Waals surface area contributed by atoms with Gasteiger partial charge in [-0.15, -0.1) is 18.8 Å². The fourth-order valence-electron chi connectivity index (χ4n) is 5.31. The van der Waals surface area contributed by atoms with Crippen LogP contribution in [0.2, 0.25) is 0 Å². The SMILES string of the molecule is C[C@H]([c-]1cccc1P(c1ccc(C(F)(F)F)cc1)c1ccc(C(F)(F)F)cc1)P(C(C)(C)C)C(C)(C)C. The first-order valence-electron chi connectivity index (χ1n) is 12.0. The van der Waals surface area contributed by atoms with Crippen molar-refractivity contribution in [3.05, 3.63) is 83.4 Å². The molecular formula is C29H33F6P2-. The third-order valence-corrected chi connectivity index (χ3v) is 12.7. The maximum Gasteiger partial charge on any atom is 0.416 e. The van der Waals surface area contributed by atoms with E-state index in [4.69, 9.17) is 0 Å². The van der Waals surface area contributed by atoms with Gasteiger partial charge >= 0.3 is 12.4 Å². The molecule has 1 atom stereocenters. The monoisotopic (exact) mass is 557 g/mol. The quantitative estimate of drug-likeness (QED) is 0.167. The van der Waals surface area contributed by atoms with Gasteiger partial charge in [0, 0.05) is 0 Å². The fraction of sp³-hybridized carbons (Fsp3) is 0.414. The van der Waals surface area contributed by atoms with E-state index < -0.39 is 39.3 Å². The zero-order chi connectivity index (χ0) is 28.0. The zero-order valence-electron chi connectivity index (χ0n) is 22.1. The van der Waals surface area contributed by atoms with Gasteiger partial charge in [-0.05, 0) is 58.8 Å². The summed E-state index contributed by atoms with van der Waals surface area (Å²) in [7, 11) is -1.94. The second-order valence-electron chi connectivity index (χ2n) is 11.2. The number of alkyl halides is 6. The van der Waals surface area contributed by atoms with E-state index in [2.05, 4.69) is 54.5 Å². The Balaban J connectivity index is 2.19. The van der Waals surface area contributed by atoms with Crippen LogP contribution in [0.4, 0.5) is 26.3 Å². The molecule has 0 aliphatic heterocycles. The molecule has 0 bridgehead atoms. The summed E-state index contributed by atoms with van der Waals surface area (Å²) in [5.74, 6) is 0. The van der Waals surface area contributed by atoms with Crippen LogP contribution in [0.3, 0.4) is 0 Å². The summed E-state index contributed by atoms with van der Waals surface area (Å²) in [6, 6.07) is 16.1. The molecule has 3 aromatic rings. The maximum atomic E-state index is 13.3. The highest BCUT2D eigenvalue weighted by atomic mass is 31.1. The summed E-state index contributed by atoms with van der Waals surface area (Å²) in [5.41, 5.74) is -0.215. The molecule has 0 saturated carbocycles. The van der Waals surface area contributed by atoms with Crippen molar-refractivity contribution in [2.75, 3.05) is 0 Å². The molecule has 8 heteroatoms. The Kier molecular flexibility index (Phi) is 8.39. The molecule has 3 rings (SSSR count). The summed E-state index contributed by atoms with van der Waals surface area (Å²) < 4.78 is 79.5. The van der Waals surface area contributed by atoms with Crippen LogP contribution in [0.5, 0.6) is 0 Å². The van der Waals surface area contributed by atoms with Crippen LogP contribution in [0, 0.1) is 0 Å². The predicted octanol–water partition coefficient (Wildman–Crippen LogP) is 9.34. The van der Waals surface area contributed by atoms with Crippen LogP contribution in [-0.2, 0) is 12.4 Å². The molecule has 0 aromatic heterocycles. The van der Waals surface area contributed by atoms with Crippen molar-refractivity contribution < 1.29 is 26.3 Å². The molecule has 0 nitrogen and oxygen atoms in total. The van der Waals surface area contributed by atoms with Gasteiger partial charge in [-0.25, -0.2) is 12.1 Å². The van der Waals surface area contributed by atoms with Gasteiger partial charge in [0.1, 0.15) is 0 Å². The molecule has 0 amide bonds. The smallest absolute Gasteiger partial charge is 0.213 e. The van der Waals surface area contributed by atoms with Crippen LogP contribution in [0.25, 0.3) is 0 Å². The Morgan fingerprint density at radius 3 is 1.32 bits per heavy atom. The van der Waals surface area contributed by atoms with Gasteiger partial charge in [0.2, 0.25) is 0 Å². The average Bonchev–Trinajstić information content (AvgIpc) is 3.21. The lowest BCUT2D eigenvalue weighted by molar-refractivity contribution is -0.138. The Morgan fingerprint density at radius 2 is 1.00 bits per heavy atom. The van der Waals surface area contributed by atoms with Crippen LogP contribution >= 0.6 is 15.8 Å². The van der Waals surface area contributed by atoms with Crippen molar-refractivity contribution in [3.8, 4) is 0 Å². The minimum Gasteiger partial charge on any atom is -0.213 e. The maximum absolute atomic E-state index is 13.3. The number of rotatable bonds is 5. The highest BCUT2D eigenvalue weighted by Crippen LogP contribution is 2.68. The molecule has 0 aliphatic rings. The van der Waals surface area contributed by atoms with Gasteiger partial charge in [-0.1, -0.05) is 72.7 Å². The lowest BCUT2D eigenvalue weighted by atomic mass is 10.2. The van der Waals surface area contributed by atoms with E-state index in [-0.39, 0.29) is 16.0 Å². The van der Waals surface area contributed by atoms with Crippen LogP contribution in [0.15, 0.2) is 66.7 Å². The fourth-order valence-corrected chi connectivity index (χ4v) is 12.8. The van der Waals surface area contributed by atoms with Crippen molar-refractivity contribution in [1.29, 1.82) is 0 Å². The molecule has 0 aliphatic carbocycles. The first-order valence-corrected chi connectivity index (χ1v) is 14.8. The average molecular weight is 558 g/mol. The van der Waals surface area contributed by atoms with E-state index >= 15 is 0 Å². The minimum atomic E-state index is -4.47. The second-order valence-corrected chi connectivity index (χ2v) is 17.6. The van der Waals surface area contributed by atoms with E-state index in [0.717, 1.165) is 35.1 Å². The highest BCUT2D eigenvalue weighted by Gasteiger charge is 2.38. The summed E-state index contributed by atoms with van der Waals surface area (Å²) in [6.45, 7) is 15.6. The van der Waals surface area contributed by atoms with E-state index in [0.29, 0.717) is 10.6 Å². The Labute approximate surface area is 218 Å². The molecule has 3 aromatic carbocycles. The number of halogens is 6. The van der Waals surface area contributed by atoms with Crippen LogP contribution in [-0.4, -0.2) is 10.3 Å². The third-order valence-electron chi connectivity index (χ3n) is 6.26. The summed E-state index contributed by atoms with van der Waals surface area (Å²) in [4.78, 5) is 0. The van der Waals surface area contributed by atoms with Crippen molar-refractivity contribution >= 4 is 31.8 Å². The van der Waals surface area contributed by atoms with E-state index in [9.17, 15) is 26.3 Å². The van der Waals surface area contributed by atoms with Gasteiger partial charge in [0.05, 0.1) is 11.1 Å². The Bertz CT molecular complexity index is 1100. The van der Waals surface area contributed by atoms with Gasteiger partial charge < -0.3 is 0 Å². The molecule has 0 heterocycles.